The van der Waals surface area contributed by atoms with Crippen LogP contribution in [0.25, 0.3) is 0 Å². The molecule has 9 nitrogen and oxygen atoms in total. The number of hydrogen-bond donors (Lipinski definition) is 0. The Hall–Kier alpha value is -3.64. The summed E-state index contributed by atoms with van der Waals surface area (Å²) in [5, 5.41) is 0.429. The number of fused-ring (bicyclic) bond motifs is 2. The molecule has 2 fully saturated rings. The topological polar surface area (TPSA) is 80.3 Å². The zero-order valence-corrected chi connectivity index (χ0v) is 25.2. The van der Waals surface area contributed by atoms with Gasteiger partial charge in [-0.3, -0.25) is 19.3 Å². The van der Waals surface area contributed by atoms with Crippen molar-refractivity contribution in [2.45, 2.75) is 25.6 Å². The van der Waals surface area contributed by atoms with Gasteiger partial charge in [0.25, 0.3) is 5.91 Å². The van der Waals surface area contributed by atoms with Crippen molar-refractivity contribution in [1.29, 1.82) is 0 Å². The number of benzene rings is 1. The highest BCUT2D eigenvalue weighted by molar-refractivity contribution is 6.34. The predicted molar refractivity (Wildman–Crippen MR) is 158 cm³/mol. The van der Waals surface area contributed by atoms with Crippen LogP contribution >= 0.6 is 11.6 Å². The molecule has 1 aromatic heterocycles. The predicted octanol–water partition coefficient (Wildman–Crippen LogP) is 3.84. The molecule has 0 bridgehead atoms. The lowest BCUT2D eigenvalue weighted by atomic mass is 9.93. The first-order valence-corrected chi connectivity index (χ1v) is 14.3. The summed E-state index contributed by atoms with van der Waals surface area (Å²) >= 11 is 6.71. The second-order valence-electron chi connectivity index (χ2n) is 11.9. The molecule has 0 spiro atoms. The van der Waals surface area contributed by atoms with E-state index in [0.717, 1.165) is 17.0 Å². The summed E-state index contributed by atoms with van der Waals surface area (Å²) in [6.07, 6.45) is -4.69. The molecule has 3 aliphatic heterocycles. The molecular formula is C30H34ClF3N6O3. The van der Waals surface area contributed by atoms with Crippen LogP contribution in [-0.2, 0) is 20.6 Å². The van der Waals surface area contributed by atoms with Crippen molar-refractivity contribution >= 4 is 46.5 Å². The van der Waals surface area contributed by atoms with Crippen LogP contribution in [0.5, 0.6) is 0 Å². The van der Waals surface area contributed by atoms with Gasteiger partial charge in [0.2, 0.25) is 11.8 Å². The zero-order chi connectivity index (χ0) is 31.4. The van der Waals surface area contributed by atoms with Crippen LogP contribution in [0.1, 0.15) is 17.7 Å². The van der Waals surface area contributed by atoms with Crippen LogP contribution in [0.2, 0.25) is 5.02 Å². The van der Waals surface area contributed by atoms with E-state index in [9.17, 15) is 27.6 Å². The summed E-state index contributed by atoms with van der Waals surface area (Å²) in [4.78, 5) is 52.6. The maximum absolute atomic E-state index is 14.0. The van der Waals surface area contributed by atoms with E-state index in [-0.39, 0.29) is 36.3 Å². The monoisotopic (exact) mass is 618 g/mol. The summed E-state index contributed by atoms with van der Waals surface area (Å²) in [5.41, 5.74) is 0.821. The third kappa shape index (κ3) is 5.95. The summed E-state index contributed by atoms with van der Waals surface area (Å²) in [6, 6.07) is 5.88. The number of hydrogen-bond acceptors (Lipinski definition) is 6. The largest absolute Gasteiger partial charge is 0.416 e. The van der Waals surface area contributed by atoms with Crippen molar-refractivity contribution in [2.75, 3.05) is 68.6 Å². The first-order chi connectivity index (χ1) is 20.1. The number of likely N-dealkylation sites (N-methyl/N-ethyl adjacent to an activating group) is 2. The summed E-state index contributed by atoms with van der Waals surface area (Å²) < 4.78 is 41.0. The van der Waals surface area contributed by atoms with E-state index in [1.54, 1.807) is 30.1 Å². The molecule has 0 aliphatic carbocycles. The van der Waals surface area contributed by atoms with Crippen molar-refractivity contribution in [1.82, 2.24) is 14.8 Å². The van der Waals surface area contributed by atoms with Crippen molar-refractivity contribution in [3.05, 3.63) is 58.8 Å². The molecule has 2 saturated heterocycles. The SMILES string of the molecule is C=C(CN(C)C)C(=O)N1CC(CN2C[C@H]3CC(=O)N(c4cc(C(F)(F)F)cc(C)n4)[C@@H]3C(=O)N(C)c3cccc(Cl)c32)C1. The fourth-order valence-corrected chi connectivity index (χ4v) is 6.55. The second-order valence-corrected chi connectivity index (χ2v) is 12.3. The maximum Gasteiger partial charge on any atom is 0.416 e. The smallest absolute Gasteiger partial charge is 0.368 e. The first-order valence-electron chi connectivity index (χ1n) is 14.0. The van der Waals surface area contributed by atoms with E-state index in [0.29, 0.717) is 48.1 Å². The summed E-state index contributed by atoms with van der Waals surface area (Å²) in [7, 11) is 5.31. The summed E-state index contributed by atoms with van der Waals surface area (Å²) in [5.74, 6) is -1.64. The molecule has 0 N–H and O–H groups in total. The average Bonchev–Trinajstić information content (AvgIpc) is 3.21. The van der Waals surface area contributed by atoms with Gasteiger partial charge in [0.15, 0.2) is 0 Å². The Morgan fingerprint density at radius 1 is 1.16 bits per heavy atom. The van der Waals surface area contributed by atoms with Crippen molar-refractivity contribution in [2.24, 2.45) is 11.8 Å². The van der Waals surface area contributed by atoms with Crippen LogP contribution in [0.4, 0.5) is 30.4 Å². The molecule has 3 amide bonds. The van der Waals surface area contributed by atoms with Crippen LogP contribution in [0.3, 0.4) is 0 Å². The molecule has 4 heterocycles. The lowest BCUT2D eigenvalue weighted by Crippen LogP contribution is -2.57. The average molecular weight is 619 g/mol. The van der Waals surface area contributed by atoms with Gasteiger partial charge in [-0.1, -0.05) is 24.2 Å². The molecule has 1 aromatic carbocycles. The molecule has 3 aliphatic rings. The van der Waals surface area contributed by atoms with Gasteiger partial charge in [-0.15, -0.1) is 0 Å². The number of nitrogens with zero attached hydrogens (tertiary/aromatic N) is 6. The number of rotatable bonds is 6. The number of para-hydroxylation sites is 1. The zero-order valence-electron chi connectivity index (χ0n) is 24.5. The minimum Gasteiger partial charge on any atom is -0.368 e. The highest BCUT2D eigenvalue weighted by atomic mass is 35.5. The molecule has 230 valence electrons. The molecule has 2 atom stereocenters. The van der Waals surface area contributed by atoms with Crippen molar-refractivity contribution in [3.63, 3.8) is 0 Å². The first kappa shape index (κ1) is 30.8. The van der Waals surface area contributed by atoms with E-state index >= 15 is 0 Å². The second kappa shape index (κ2) is 11.5. The van der Waals surface area contributed by atoms with Crippen molar-refractivity contribution < 1.29 is 27.6 Å². The normalized spacial score (nSPS) is 21.0. The van der Waals surface area contributed by atoms with Gasteiger partial charge in [-0.05, 0) is 45.3 Å². The van der Waals surface area contributed by atoms with E-state index in [1.807, 2.05) is 23.9 Å². The van der Waals surface area contributed by atoms with Gasteiger partial charge in [0, 0.05) is 69.3 Å². The number of amides is 3. The van der Waals surface area contributed by atoms with Gasteiger partial charge in [-0.25, -0.2) is 4.98 Å². The van der Waals surface area contributed by atoms with Gasteiger partial charge in [0.1, 0.15) is 11.9 Å². The van der Waals surface area contributed by atoms with Crippen molar-refractivity contribution in [3.8, 4) is 0 Å². The number of pyridine rings is 1. The molecule has 2 aromatic rings. The molecule has 0 radical (unpaired) electrons. The molecule has 43 heavy (non-hydrogen) atoms. The third-order valence-corrected chi connectivity index (χ3v) is 8.46. The lowest BCUT2D eigenvalue weighted by molar-refractivity contribution is -0.137. The van der Waals surface area contributed by atoms with Gasteiger partial charge < -0.3 is 19.6 Å². The number of carbonyl (C=O) groups is 3. The van der Waals surface area contributed by atoms with Gasteiger partial charge in [0.05, 0.1) is 22.0 Å². The molecule has 5 rings (SSSR count). The van der Waals surface area contributed by atoms with E-state index in [2.05, 4.69) is 11.6 Å². The molecule has 13 heteroatoms. The minimum absolute atomic E-state index is 0.0445. The Bertz CT molecular complexity index is 1480. The molecule has 0 saturated carbocycles. The Labute approximate surface area is 253 Å². The quantitative estimate of drug-likeness (QED) is 0.458. The van der Waals surface area contributed by atoms with Crippen LogP contribution < -0.4 is 14.7 Å². The minimum atomic E-state index is -4.64. The lowest BCUT2D eigenvalue weighted by Gasteiger charge is -2.45. The fourth-order valence-electron chi connectivity index (χ4n) is 6.27. The van der Waals surface area contributed by atoms with E-state index in [4.69, 9.17) is 11.6 Å². The Morgan fingerprint density at radius 2 is 1.86 bits per heavy atom. The number of likely N-dealkylation sites (tertiary alicyclic amines) is 1. The Balaban J connectivity index is 1.46. The maximum atomic E-state index is 14.0. The van der Waals surface area contributed by atoms with Gasteiger partial charge in [-0.2, -0.15) is 13.2 Å². The highest BCUT2D eigenvalue weighted by Gasteiger charge is 2.50. The Morgan fingerprint density at radius 3 is 2.51 bits per heavy atom. The Kier molecular flexibility index (Phi) is 8.21. The third-order valence-electron chi connectivity index (χ3n) is 8.16. The molecular weight excluding hydrogens is 585 g/mol. The summed E-state index contributed by atoms with van der Waals surface area (Å²) in [6.45, 7) is 7.60. The van der Waals surface area contributed by atoms with E-state index < -0.39 is 35.5 Å². The standard InChI is InChI=1S/C30H34ClF3N6O3/c1-17(12-36(3)4)28(42)39-14-19(15-39)13-38-16-20-10-25(41)40(24-11-21(30(32,33)34)9-18(2)35-24)26(20)29(43)37(5)23-8-6-7-22(31)27(23)38/h6-9,11,19-20,26H,1,10,12-16H2,2-5H3/t20-,26+/m1/s1. The van der Waals surface area contributed by atoms with Crippen LogP contribution in [0, 0.1) is 18.8 Å². The van der Waals surface area contributed by atoms with E-state index in [1.165, 1.54) is 11.8 Å². The van der Waals surface area contributed by atoms with Crippen LogP contribution in [-0.4, -0.2) is 92.4 Å². The number of aryl methyl sites for hydroxylation is 1. The number of anilines is 3. The fraction of sp³-hybridized carbons (Fsp3) is 0.467. The number of aromatic nitrogens is 1. The number of alkyl halides is 3. The number of halogens is 4. The molecule has 0 unspecified atom stereocenters. The number of carbonyl (C=O) groups excluding carboxylic acids is 3. The van der Waals surface area contributed by atoms with Crippen LogP contribution in [0.15, 0.2) is 42.5 Å². The highest BCUT2D eigenvalue weighted by Crippen LogP contribution is 2.43. The van der Waals surface area contributed by atoms with Gasteiger partial charge >= 0.3 is 6.18 Å².